The Morgan fingerprint density at radius 3 is 2.77 bits per heavy atom. The molecule has 2 aromatic rings. The van der Waals surface area contributed by atoms with E-state index in [1.807, 2.05) is 30.3 Å². The number of carbonyl (C=O) groups is 1. The third-order valence-electron chi connectivity index (χ3n) is 3.85. The summed E-state index contributed by atoms with van der Waals surface area (Å²) < 4.78 is 5.85. The number of fused-ring (bicyclic) bond motifs is 1. The highest BCUT2D eigenvalue weighted by Gasteiger charge is 2.21. The van der Waals surface area contributed by atoms with Crippen LogP contribution >= 0.6 is 15.9 Å². The number of Topliss-reactive ketones (excluding diaryl/α,β-unsaturated/α-hetero) is 1. The normalized spacial score (nSPS) is 15.7. The van der Waals surface area contributed by atoms with Crippen LogP contribution in [0.25, 0.3) is 6.08 Å². The van der Waals surface area contributed by atoms with Gasteiger partial charge in [0.1, 0.15) is 0 Å². The largest absolute Gasteiger partial charge is 0.504 e. The van der Waals surface area contributed by atoms with Crippen LogP contribution in [0.4, 0.5) is 0 Å². The van der Waals surface area contributed by atoms with Crippen molar-refractivity contribution in [3.63, 3.8) is 0 Å². The average molecular weight is 359 g/mol. The first-order chi connectivity index (χ1) is 10.6. The van der Waals surface area contributed by atoms with Gasteiger partial charge in [-0.05, 0) is 42.2 Å². The number of aryl methyl sites for hydroxylation is 1. The number of ether oxygens (including phenoxy) is 1. The molecule has 1 aliphatic carbocycles. The van der Waals surface area contributed by atoms with Gasteiger partial charge in [0.05, 0.1) is 7.11 Å². The molecule has 0 fully saturated rings. The zero-order valence-corrected chi connectivity index (χ0v) is 13.7. The summed E-state index contributed by atoms with van der Waals surface area (Å²) >= 11 is 3.45. The van der Waals surface area contributed by atoms with E-state index in [-0.39, 0.29) is 11.5 Å². The minimum atomic E-state index is 0.0567. The Morgan fingerprint density at radius 2 is 2.00 bits per heavy atom. The van der Waals surface area contributed by atoms with E-state index in [1.165, 1.54) is 7.11 Å². The van der Waals surface area contributed by atoms with Crippen LogP contribution in [0.1, 0.15) is 27.9 Å². The fourth-order valence-corrected chi connectivity index (χ4v) is 3.11. The molecule has 4 heteroatoms. The Hall–Kier alpha value is -2.07. The molecular formula is C18H15BrO3. The molecule has 0 saturated heterocycles. The second kappa shape index (κ2) is 5.97. The Bertz CT molecular complexity index is 778. The minimum absolute atomic E-state index is 0.0567. The van der Waals surface area contributed by atoms with Crippen molar-refractivity contribution >= 4 is 27.8 Å². The van der Waals surface area contributed by atoms with E-state index in [2.05, 4.69) is 15.9 Å². The zero-order valence-electron chi connectivity index (χ0n) is 12.1. The van der Waals surface area contributed by atoms with Gasteiger partial charge in [-0.25, -0.2) is 0 Å². The molecule has 0 heterocycles. The van der Waals surface area contributed by atoms with Crippen molar-refractivity contribution < 1.29 is 14.6 Å². The summed E-state index contributed by atoms with van der Waals surface area (Å²) in [4.78, 5) is 12.6. The topological polar surface area (TPSA) is 46.5 Å². The van der Waals surface area contributed by atoms with Crippen LogP contribution in [0, 0.1) is 0 Å². The second-order valence-corrected chi connectivity index (χ2v) is 6.06. The lowest BCUT2D eigenvalue weighted by molar-refractivity contribution is 0.102. The Labute approximate surface area is 137 Å². The lowest BCUT2D eigenvalue weighted by atomic mass is 9.86. The number of methoxy groups -OCH3 is 1. The Balaban J connectivity index is 2.00. The van der Waals surface area contributed by atoms with Crippen LogP contribution in [-0.2, 0) is 6.42 Å². The van der Waals surface area contributed by atoms with Gasteiger partial charge in [0.15, 0.2) is 17.3 Å². The molecule has 1 N–H and O–H groups in total. The van der Waals surface area contributed by atoms with E-state index in [0.717, 1.165) is 33.2 Å². The summed E-state index contributed by atoms with van der Waals surface area (Å²) in [6.45, 7) is 0. The maximum Gasteiger partial charge on any atom is 0.189 e. The summed E-state index contributed by atoms with van der Waals surface area (Å²) in [5, 5.41) is 9.91. The molecule has 1 aliphatic rings. The molecule has 0 aliphatic heterocycles. The molecule has 0 amide bonds. The highest BCUT2D eigenvalue weighted by Crippen LogP contribution is 2.35. The maximum absolute atomic E-state index is 12.6. The van der Waals surface area contributed by atoms with E-state index >= 15 is 0 Å². The predicted octanol–water partition coefficient (Wildman–Crippen LogP) is 4.38. The van der Waals surface area contributed by atoms with E-state index < -0.39 is 0 Å². The van der Waals surface area contributed by atoms with Crippen molar-refractivity contribution in [1.29, 1.82) is 0 Å². The molecule has 3 rings (SSSR count). The number of carbonyl (C=O) groups excluding carboxylic acids is 1. The number of benzene rings is 2. The van der Waals surface area contributed by atoms with Gasteiger partial charge in [0.2, 0.25) is 0 Å². The monoisotopic (exact) mass is 358 g/mol. The van der Waals surface area contributed by atoms with Crippen LogP contribution in [-0.4, -0.2) is 18.0 Å². The van der Waals surface area contributed by atoms with Gasteiger partial charge in [-0.2, -0.15) is 0 Å². The lowest BCUT2D eigenvalue weighted by Crippen LogP contribution is -2.13. The number of hydrogen-bond donors (Lipinski definition) is 1. The van der Waals surface area contributed by atoms with Gasteiger partial charge in [-0.1, -0.05) is 40.2 Å². The SMILES string of the molecule is COc1cc(Br)c(/C=C2\CCc3ccccc3C2=O)cc1O. The number of phenolic OH excluding ortho intramolecular Hbond substituents is 1. The van der Waals surface area contributed by atoms with Crippen molar-refractivity contribution in [3.8, 4) is 11.5 Å². The van der Waals surface area contributed by atoms with Gasteiger partial charge in [0.25, 0.3) is 0 Å². The number of ketones is 1. The Kier molecular flexibility index (Phi) is 4.03. The molecule has 0 bridgehead atoms. The van der Waals surface area contributed by atoms with Crippen molar-refractivity contribution in [2.24, 2.45) is 0 Å². The molecule has 0 radical (unpaired) electrons. The molecule has 112 valence electrons. The third-order valence-corrected chi connectivity index (χ3v) is 4.53. The number of hydrogen-bond acceptors (Lipinski definition) is 3. The highest BCUT2D eigenvalue weighted by molar-refractivity contribution is 9.10. The number of aromatic hydroxyl groups is 1. The summed E-state index contributed by atoms with van der Waals surface area (Å²) in [5.41, 5.74) is 3.39. The molecule has 0 aromatic heterocycles. The van der Waals surface area contributed by atoms with Gasteiger partial charge in [-0.15, -0.1) is 0 Å². The first-order valence-corrected chi connectivity index (χ1v) is 7.79. The number of halogens is 1. The summed E-state index contributed by atoms with van der Waals surface area (Å²) in [7, 11) is 1.50. The summed E-state index contributed by atoms with van der Waals surface area (Å²) in [6.07, 6.45) is 3.39. The van der Waals surface area contributed by atoms with Gasteiger partial charge in [0, 0.05) is 15.6 Å². The van der Waals surface area contributed by atoms with Gasteiger partial charge < -0.3 is 9.84 Å². The van der Waals surface area contributed by atoms with Gasteiger partial charge >= 0.3 is 0 Å². The first-order valence-electron chi connectivity index (χ1n) is 7.00. The molecule has 0 unspecified atom stereocenters. The molecule has 2 aromatic carbocycles. The average Bonchev–Trinajstić information content (AvgIpc) is 2.53. The quantitative estimate of drug-likeness (QED) is 0.810. The standard InChI is InChI=1S/C18H15BrO3/c1-22-17-10-15(19)13(9-16(17)20)8-12-7-6-11-4-2-3-5-14(11)18(12)21/h2-5,8-10,20H,6-7H2,1H3/b12-8+. The molecule has 0 atom stereocenters. The van der Waals surface area contributed by atoms with E-state index in [4.69, 9.17) is 4.74 Å². The van der Waals surface area contributed by atoms with Crippen molar-refractivity contribution in [2.45, 2.75) is 12.8 Å². The molecule has 0 spiro atoms. The third kappa shape index (κ3) is 2.66. The van der Waals surface area contributed by atoms with Crippen LogP contribution in [0.15, 0.2) is 46.4 Å². The van der Waals surface area contributed by atoms with Crippen molar-refractivity contribution in [3.05, 3.63) is 63.1 Å². The molecule has 3 nitrogen and oxygen atoms in total. The molecule has 0 saturated carbocycles. The number of phenols is 1. The van der Waals surface area contributed by atoms with E-state index in [1.54, 1.807) is 12.1 Å². The lowest BCUT2D eigenvalue weighted by Gasteiger charge is -2.17. The fourth-order valence-electron chi connectivity index (χ4n) is 2.67. The van der Waals surface area contributed by atoms with Crippen molar-refractivity contribution in [1.82, 2.24) is 0 Å². The predicted molar refractivity (Wildman–Crippen MR) is 89.4 cm³/mol. The smallest absolute Gasteiger partial charge is 0.189 e. The van der Waals surface area contributed by atoms with Crippen LogP contribution in [0.3, 0.4) is 0 Å². The zero-order chi connectivity index (χ0) is 15.7. The summed E-state index contributed by atoms with van der Waals surface area (Å²) in [5.74, 6) is 0.514. The van der Waals surface area contributed by atoms with Crippen LogP contribution in [0.5, 0.6) is 11.5 Å². The van der Waals surface area contributed by atoms with E-state index in [9.17, 15) is 9.90 Å². The Morgan fingerprint density at radius 1 is 1.23 bits per heavy atom. The first kappa shape index (κ1) is 14.9. The number of rotatable bonds is 2. The number of allylic oxidation sites excluding steroid dienone is 1. The minimum Gasteiger partial charge on any atom is -0.504 e. The van der Waals surface area contributed by atoms with E-state index in [0.29, 0.717) is 12.2 Å². The van der Waals surface area contributed by atoms with Crippen molar-refractivity contribution in [2.75, 3.05) is 7.11 Å². The maximum atomic E-state index is 12.6. The molecule has 22 heavy (non-hydrogen) atoms. The summed E-state index contributed by atoms with van der Waals surface area (Å²) in [6, 6.07) is 11.0. The van der Waals surface area contributed by atoms with Crippen LogP contribution in [0.2, 0.25) is 0 Å². The highest BCUT2D eigenvalue weighted by atomic mass is 79.9. The van der Waals surface area contributed by atoms with Crippen LogP contribution < -0.4 is 4.74 Å². The molecular weight excluding hydrogens is 344 g/mol. The fraction of sp³-hybridized carbons (Fsp3) is 0.167. The van der Waals surface area contributed by atoms with Gasteiger partial charge in [-0.3, -0.25) is 4.79 Å². The second-order valence-electron chi connectivity index (χ2n) is 5.20.